The minimum absolute atomic E-state index is 0.0565. The summed E-state index contributed by atoms with van der Waals surface area (Å²) in [5.74, 6) is 0.222. The Balaban J connectivity index is 1.67. The molecule has 2 aromatic heterocycles. The first-order valence-corrected chi connectivity index (χ1v) is 12.0. The molecule has 1 N–H and O–H groups in total. The molecule has 1 atom stereocenters. The van der Waals surface area contributed by atoms with Gasteiger partial charge in [0.05, 0.1) is 28.0 Å². The van der Waals surface area contributed by atoms with Gasteiger partial charge in [-0.15, -0.1) is 0 Å². The van der Waals surface area contributed by atoms with Crippen LogP contribution in [-0.4, -0.2) is 26.2 Å². The van der Waals surface area contributed by atoms with Crippen molar-refractivity contribution in [3.63, 3.8) is 0 Å². The summed E-state index contributed by atoms with van der Waals surface area (Å²) in [5, 5.41) is 3.94. The maximum Gasteiger partial charge on any atom is 0.266 e. The third kappa shape index (κ3) is 5.10. The molecule has 168 valence electrons. The van der Waals surface area contributed by atoms with Crippen molar-refractivity contribution in [1.82, 2.24) is 14.5 Å². The number of pyridine rings is 1. The zero-order valence-electron chi connectivity index (χ0n) is 18.3. The van der Waals surface area contributed by atoms with E-state index in [0.29, 0.717) is 33.4 Å². The van der Waals surface area contributed by atoms with Crippen LogP contribution >= 0.6 is 23.4 Å². The number of aromatic nitrogens is 3. The van der Waals surface area contributed by atoms with Crippen LogP contribution in [0.3, 0.4) is 0 Å². The van der Waals surface area contributed by atoms with Crippen molar-refractivity contribution in [2.45, 2.75) is 31.3 Å². The van der Waals surface area contributed by atoms with Crippen LogP contribution in [0.1, 0.15) is 31.7 Å². The van der Waals surface area contributed by atoms with Crippen molar-refractivity contribution in [3.05, 3.63) is 87.9 Å². The summed E-state index contributed by atoms with van der Waals surface area (Å²) in [6.07, 6.45) is 2.59. The molecule has 0 spiro atoms. The van der Waals surface area contributed by atoms with Crippen LogP contribution < -0.4 is 10.9 Å². The summed E-state index contributed by atoms with van der Waals surface area (Å²) in [6.45, 7) is 4.32. The van der Waals surface area contributed by atoms with Gasteiger partial charge in [0.1, 0.15) is 0 Å². The molecule has 2 heterocycles. The van der Waals surface area contributed by atoms with E-state index in [4.69, 9.17) is 16.6 Å². The number of fused-ring (bicyclic) bond motifs is 1. The zero-order valence-corrected chi connectivity index (χ0v) is 19.9. The van der Waals surface area contributed by atoms with Crippen molar-refractivity contribution >= 4 is 45.9 Å². The largest absolute Gasteiger partial charge is 0.323 e. The van der Waals surface area contributed by atoms with E-state index < -0.39 is 0 Å². The van der Waals surface area contributed by atoms with Gasteiger partial charge in [-0.25, -0.2) is 9.97 Å². The van der Waals surface area contributed by atoms with Crippen molar-refractivity contribution in [2.75, 3.05) is 11.1 Å². The third-order valence-electron chi connectivity index (χ3n) is 5.44. The van der Waals surface area contributed by atoms with E-state index in [1.54, 1.807) is 35.0 Å². The normalized spacial score (nSPS) is 12.0. The predicted molar refractivity (Wildman–Crippen MR) is 135 cm³/mol. The van der Waals surface area contributed by atoms with Gasteiger partial charge in [0.2, 0.25) is 5.91 Å². The zero-order chi connectivity index (χ0) is 23.4. The number of hydrogen-bond donors (Lipinski definition) is 1. The number of amides is 1. The van der Waals surface area contributed by atoms with E-state index in [2.05, 4.69) is 24.1 Å². The Labute approximate surface area is 201 Å². The summed E-state index contributed by atoms with van der Waals surface area (Å²) in [6, 6.07) is 18.5. The molecule has 2 aromatic carbocycles. The highest BCUT2D eigenvalue weighted by Crippen LogP contribution is 2.25. The molecule has 4 rings (SSSR count). The summed E-state index contributed by atoms with van der Waals surface area (Å²) in [4.78, 5) is 34.6. The number of hydrogen-bond acceptors (Lipinski definition) is 5. The molecule has 0 fully saturated rings. The molecule has 6 nitrogen and oxygen atoms in total. The van der Waals surface area contributed by atoms with Gasteiger partial charge in [-0.2, -0.15) is 0 Å². The quantitative estimate of drug-likeness (QED) is 0.210. The van der Waals surface area contributed by atoms with E-state index in [0.717, 1.165) is 6.42 Å². The minimum Gasteiger partial charge on any atom is -0.323 e. The lowest BCUT2D eigenvalue weighted by Crippen LogP contribution is -2.23. The van der Waals surface area contributed by atoms with Gasteiger partial charge in [0, 0.05) is 6.20 Å². The number of halogens is 1. The van der Waals surface area contributed by atoms with E-state index in [1.165, 1.54) is 17.3 Å². The molecule has 0 saturated heterocycles. The lowest BCUT2D eigenvalue weighted by Gasteiger charge is -2.15. The van der Waals surface area contributed by atoms with E-state index in [9.17, 15) is 9.59 Å². The Kier molecular flexibility index (Phi) is 7.11. The van der Waals surface area contributed by atoms with Crippen LogP contribution in [-0.2, 0) is 4.79 Å². The van der Waals surface area contributed by atoms with Gasteiger partial charge in [-0.05, 0) is 54.3 Å². The van der Waals surface area contributed by atoms with Gasteiger partial charge in [0.25, 0.3) is 5.56 Å². The number of rotatable bonds is 7. The molecular formula is C25H23ClN4O2S. The fourth-order valence-electron chi connectivity index (χ4n) is 3.42. The number of nitrogens with zero attached hydrogens (tertiary/aromatic N) is 3. The molecule has 0 aliphatic heterocycles. The number of thioether (sulfide) groups is 1. The number of para-hydroxylation sites is 1. The SMILES string of the molecule is CC[C@H](C)c1ccc(-n2c(SCC(=O)Nc3cccnc3Cl)nc3ccccc3c2=O)cc1. The highest BCUT2D eigenvalue weighted by molar-refractivity contribution is 7.99. The van der Waals surface area contributed by atoms with Crippen LogP contribution in [0.5, 0.6) is 0 Å². The molecular weight excluding hydrogens is 456 g/mol. The standard InChI is InChI=1S/C25H23ClN4O2S/c1-3-16(2)17-10-12-18(13-11-17)30-24(32)19-7-4-5-8-20(19)29-25(30)33-15-22(31)28-21-9-6-14-27-23(21)26/h4-14,16H,3,15H2,1-2H3,(H,28,31)/t16-/m0/s1. The van der Waals surface area contributed by atoms with Crippen LogP contribution in [0.15, 0.2) is 76.8 Å². The minimum atomic E-state index is -0.268. The van der Waals surface area contributed by atoms with Crippen LogP contribution in [0.2, 0.25) is 5.15 Å². The lowest BCUT2D eigenvalue weighted by molar-refractivity contribution is -0.113. The first-order valence-electron chi connectivity index (χ1n) is 10.6. The number of carbonyl (C=O) groups excluding carboxylic acids is 1. The topological polar surface area (TPSA) is 76.9 Å². The van der Waals surface area contributed by atoms with E-state index >= 15 is 0 Å². The first-order chi connectivity index (χ1) is 16.0. The second kappa shape index (κ2) is 10.2. The summed E-state index contributed by atoms with van der Waals surface area (Å²) in [7, 11) is 0. The maximum atomic E-state index is 13.4. The Hall–Kier alpha value is -3.16. The second-order valence-corrected chi connectivity index (χ2v) is 8.93. The molecule has 33 heavy (non-hydrogen) atoms. The van der Waals surface area contributed by atoms with Crippen LogP contribution in [0, 0.1) is 0 Å². The van der Waals surface area contributed by atoms with Crippen molar-refractivity contribution in [3.8, 4) is 5.69 Å². The Bertz CT molecular complexity index is 1350. The lowest BCUT2D eigenvalue weighted by atomic mass is 9.98. The third-order valence-corrected chi connectivity index (χ3v) is 6.68. The fraction of sp³-hybridized carbons (Fsp3) is 0.200. The summed E-state index contributed by atoms with van der Waals surface area (Å²) >= 11 is 7.23. The monoisotopic (exact) mass is 478 g/mol. The van der Waals surface area contributed by atoms with Gasteiger partial charge in [-0.3, -0.25) is 14.2 Å². The molecule has 0 radical (unpaired) electrons. The summed E-state index contributed by atoms with van der Waals surface area (Å²) in [5.41, 5.74) is 2.78. The average molecular weight is 479 g/mol. The predicted octanol–water partition coefficient (Wildman–Crippen LogP) is 5.68. The Morgan fingerprint density at radius 3 is 2.61 bits per heavy atom. The first kappa shape index (κ1) is 23.0. The fourth-order valence-corrected chi connectivity index (χ4v) is 4.40. The van der Waals surface area contributed by atoms with Crippen molar-refractivity contribution < 1.29 is 4.79 Å². The number of benzene rings is 2. The van der Waals surface area contributed by atoms with Crippen LogP contribution in [0.4, 0.5) is 5.69 Å². The van der Waals surface area contributed by atoms with Gasteiger partial charge >= 0.3 is 0 Å². The molecule has 0 unspecified atom stereocenters. The number of anilines is 1. The smallest absolute Gasteiger partial charge is 0.266 e. The molecule has 8 heteroatoms. The van der Waals surface area contributed by atoms with Crippen LogP contribution in [0.25, 0.3) is 16.6 Å². The van der Waals surface area contributed by atoms with E-state index in [-0.39, 0.29) is 22.4 Å². The Morgan fingerprint density at radius 1 is 1.12 bits per heavy atom. The molecule has 0 aliphatic rings. The van der Waals surface area contributed by atoms with Crippen molar-refractivity contribution in [1.29, 1.82) is 0 Å². The number of carbonyl (C=O) groups is 1. The maximum absolute atomic E-state index is 13.4. The summed E-state index contributed by atoms with van der Waals surface area (Å²) < 4.78 is 1.57. The molecule has 0 saturated carbocycles. The number of nitrogens with one attached hydrogen (secondary N) is 1. The second-order valence-electron chi connectivity index (χ2n) is 7.63. The Morgan fingerprint density at radius 2 is 1.88 bits per heavy atom. The highest BCUT2D eigenvalue weighted by atomic mass is 35.5. The van der Waals surface area contributed by atoms with E-state index in [1.807, 2.05) is 36.4 Å². The van der Waals surface area contributed by atoms with Gasteiger partial charge < -0.3 is 5.32 Å². The average Bonchev–Trinajstić information content (AvgIpc) is 2.84. The van der Waals surface area contributed by atoms with Crippen molar-refractivity contribution in [2.24, 2.45) is 0 Å². The highest BCUT2D eigenvalue weighted by Gasteiger charge is 2.16. The van der Waals surface area contributed by atoms with Gasteiger partial charge in [0.15, 0.2) is 10.3 Å². The molecule has 4 aromatic rings. The molecule has 0 bridgehead atoms. The molecule has 0 aliphatic carbocycles. The van der Waals surface area contributed by atoms with Gasteiger partial charge in [-0.1, -0.05) is 61.5 Å². The molecule has 1 amide bonds.